The van der Waals surface area contributed by atoms with Gasteiger partial charge in [0.05, 0.1) is 44.6 Å². The molecule has 0 saturated carbocycles. The van der Waals surface area contributed by atoms with Crippen LogP contribution in [0.3, 0.4) is 0 Å². The summed E-state index contributed by atoms with van der Waals surface area (Å²) in [6.07, 6.45) is 0. The molecule has 0 bridgehead atoms. The fourth-order valence-electron chi connectivity index (χ4n) is 3.76. The summed E-state index contributed by atoms with van der Waals surface area (Å²) in [6.45, 7) is 0. The smallest absolute Gasteiger partial charge is 0.269 e. The Hall–Kier alpha value is -4.42. The van der Waals surface area contributed by atoms with Gasteiger partial charge in [-0.2, -0.15) is 0 Å². The van der Waals surface area contributed by atoms with E-state index in [-0.39, 0.29) is 34.2 Å². The first-order valence-corrected chi connectivity index (χ1v) is 12.3. The van der Waals surface area contributed by atoms with Crippen LogP contribution in [0, 0.1) is 10.1 Å². The zero-order valence-corrected chi connectivity index (χ0v) is 21.8. The number of methoxy groups -OCH3 is 4. The number of amides is 1. The Morgan fingerprint density at radius 2 is 1.50 bits per heavy atom. The van der Waals surface area contributed by atoms with Crippen molar-refractivity contribution in [3.8, 4) is 11.5 Å². The van der Waals surface area contributed by atoms with Gasteiger partial charge in [0.1, 0.15) is 11.5 Å². The summed E-state index contributed by atoms with van der Waals surface area (Å²) in [7, 11) is 5.76. The first-order valence-electron chi connectivity index (χ1n) is 11.0. The van der Waals surface area contributed by atoms with Crippen molar-refractivity contribution in [2.24, 2.45) is 0 Å². The van der Waals surface area contributed by atoms with Crippen LogP contribution in [0.2, 0.25) is 0 Å². The predicted octanol–water partition coefficient (Wildman–Crippen LogP) is 4.36. The molecule has 0 heterocycles. The Bertz CT molecular complexity index is 1390. The van der Waals surface area contributed by atoms with Gasteiger partial charge < -0.3 is 28.8 Å². The van der Waals surface area contributed by atoms with Gasteiger partial charge in [-0.15, -0.1) is 0 Å². The van der Waals surface area contributed by atoms with E-state index >= 15 is 0 Å². The molecule has 0 spiro atoms. The maximum Gasteiger partial charge on any atom is 0.269 e. The number of ether oxygens (including phenoxy) is 4. The van der Waals surface area contributed by atoms with Crippen LogP contribution >= 0.6 is 0 Å². The van der Waals surface area contributed by atoms with Crippen molar-refractivity contribution < 1.29 is 37.4 Å². The standard InChI is InChI=1S/C26H26N2O9S/c1-34-22-8-6-5-7-19(22)24(36-3)25(37-4)20-14-23(35-2)21(13-17(20)15-38(32)33)27-26(29)16-9-11-18(12-10-16)28(30)31/h5-14H,15H2,1-4H3,(H,27,29)(H,32,33)/p-1. The number of benzene rings is 3. The highest BCUT2D eigenvalue weighted by Crippen LogP contribution is 2.38. The lowest BCUT2D eigenvalue weighted by Crippen LogP contribution is -2.14. The van der Waals surface area contributed by atoms with E-state index in [1.165, 1.54) is 64.8 Å². The summed E-state index contributed by atoms with van der Waals surface area (Å²) >= 11 is -2.49. The highest BCUT2D eigenvalue weighted by molar-refractivity contribution is 7.78. The summed E-state index contributed by atoms with van der Waals surface area (Å²) in [5.41, 5.74) is 1.39. The van der Waals surface area contributed by atoms with Gasteiger partial charge in [0.15, 0.2) is 11.5 Å². The molecule has 0 fully saturated rings. The normalized spacial score (nSPS) is 12.1. The lowest BCUT2D eigenvalue weighted by molar-refractivity contribution is -0.384. The maximum atomic E-state index is 12.9. The van der Waals surface area contributed by atoms with E-state index in [9.17, 15) is 23.7 Å². The van der Waals surface area contributed by atoms with Gasteiger partial charge in [-0.25, -0.2) is 0 Å². The Kier molecular flexibility index (Phi) is 9.41. The summed E-state index contributed by atoms with van der Waals surface area (Å²) in [4.78, 5) is 23.2. The molecule has 0 aromatic heterocycles. The second-order valence-corrected chi connectivity index (χ2v) is 8.58. The van der Waals surface area contributed by atoms with Crippen LogP contribution < -0.4 is 14.8 Å². The lowest BCUT2D eigenvalue weighted by Gasteiger charge is -2.21. The van der Waals surface area contributed by atoms with Gasteiger partial charge in [-0.05, 0) is 42.0 Å². The van der Waals surface area contributed by atoms with Crippen LogP contribution in [0.1, 0.15) is 27.0 Å². The van der Waals surface area contributed by atoms with Crippen LogP contribution in [-0.4, -0.2) is 48.0 Å². The largest absolute Gasteiger partial charge is 0.772 e. The number of nitrogens with zero attached hydrogens (tertiary/aromatic N) is 1. The first kappa shape index (κ1) is 28.2. The SMILES string of the molecule is COC(=C(OC)c1ccccc1OC)c1cc(OC)c(NC(=O)c2ccc([N+](=O)[O-])cc2)cc1CS(=O)[O-]. The minimum absolute atomic E-state index is 0.158. The van der Waals surface area contributed by atoms with Crippen molar-refractivity contribution in [2.75, 3.05) is 33.8 Å². The van der Waals surface area contributed by atoms with Gasteiger partial charge >= 0.3 is 0 Å². The third-order valence-electron chi connectivity index (χ3n) is 5.50. The van der Waals surface area contributed by atoms with Gasteiger partial charge in [0.2, 0.25) is 0 Å². The topological polar surface area (TPSA) is 149 Å². The molecule has 3 aromatic carbocycles. The molecule has 1 N–H and O–H groups in total. The molecule has 0 radical (unpaired) electrons. The van der Waals surface area contributed by atoms with Crippen LogP contribution in [0.25, 0.3) is 11.5 Å². The van der Waals surface area contributed by atoms with Crippen LogP contribution in [-0.2, 0) is 26.3 Å². The molecule has 200 valence electrons. The number of hydrogen-bond acceptors (Lipinski definition) is 9. The van der Waals surface area contributed by atoms with E-state index < -0.39 is 27.7 Å². The molecule has 0 aliphatic heterocycles. The Morgan fingerprint density at radius 3 is 2.05 bits per heavy atom. The molecule has 11 nitrogen and oxygen atoms in total. The minimum atomic E-state index is -2.49. The van der Waals surface area contributed by atoms with E-state index in [0.29, 0.717) is 22.4 Å². The summed E-state index contributed by atoms with van der Waals surface area (Å²) < 4.78 is 45.8. The number of nitrogens with one attached hydrogen (secondary N) is 1. The lowest BCUT2D eigenvalue weighted by atomic mass is 10.0. The molecule has 12 heteroatoms. The molecule has 38 heavy (non-hydrogen) atoms. The fraction of sp³-hybridized carbons (Fsp3) is 0.192. The van der Waals surface area contributed by atoms with Gasteiger partial charge in [-0.1, -0.05) is 23.2 Å². The van der Waals surface area contributed by atoms with E-state index in [4.69, 9.17) is 18.9 Å². The minimum Gasteiger partial charge on any atom is -0.772 e. The van der Waals surface area contributed by atoms with E-state index in [1.807, 2.05) is 0 Å². The van der Waals surface area contributed by atoms with Crippen LogP contribution in [0.4, 0.5) is 11.4 Å². The van der Waals surface area contributed by atoms with Crippen molar-refractivity contribution in [2.45, 2.75) is 5.75 Å². The number of nitro benzene ring substituents is 1. The molecule has 1 unspecified atom stereocenters. The average molecular weight is 542 g/mol. The number of carbonyl (C=O) groups excluding carboxylic acids is 1. The monoisotopic (exact) mass is 541 g/mol. The van der Waals surface area contributed by atoms with Gasteiger partial charge in [-0.3, -0.25) is 19.1 Å². The third-order valence-corrected chi connectivity index (χ3v) is 6.04. The molecule has 3 aromatic rings. The number of anilines is 1. The Balaban J connectivity index is 2.14. The summed E-state index contributed by atoms with van der Waals surface area (Å²) in [6, 6.07) is 15.1. The number of para-hydroxylation sites is 1. The third kappa shape index (κ3) is 6.28. The maximum absolute atomic E-state index is 12.9. The van der Waals surface area contributed by atoms with Crippen molar-refractivity contribution in [1.29, 1.82) is 0 Å². The Labute approximate surface area is 221 Å². The average Bonchev–Trinajstić information content (AvgIpc) is 2.91. The van der Waals surface area contributed by atoms with Crippen molar-refractivity contribution in [3.63, 3.8) is 0 Å². The molecule has 1 amide bonds. The van der Waals surface area contributed by atoms with Crippen molar-refractivity contribution in [3.05, 3.63) is 93.0 Å². The van der Waals surface area contributed by atoms with Crippen molar-refractivity contribution >= 4 is 39.9 Å². The van der Waals surface area contributed by atoms with E-state index in [1.54, 1.807) is 24.3 Å². The number of non-ortho nitro benzene ring substituents is 1. The zero-order chi connectivity index (χ0) is 27.8. The summed E-state index contributed by atoms with van der Waals surface area (Å²) in [5.74, 6) is 0.230. The molecule has 1 atom stereocenters. The second kappa shape index (κ2) is 12.7. The Morgan fingerprint density at radius 1 is 0.895 bits per heavy atom. The number of carbonyl (C=O) groups is 1. The first-order chi connectivity index (χ1) is 18.2. The molecular formula is C26H25N2O9S-. The van der Waals surface area contributed by atoms with Gasteiger partial charge in [0, 0.05) is 29.0 Å². The summed E-state index contributed by atoms with van der Waals surface area (Å²) in [5, 5.41) is 13.6. The highest BCUT2D eigenvalue weighted by Gasteiger charge is 2.23. The molecule has 3 rings (SSSR count). The van der Waals surface area contributed by atoms with E-state index in [2.05, 4.69) is 5.32 Å². The highest BCUT2D eigenvalue weighted by atomic mass is 32.2. The van der Waals surface area contributed by atoms with Crippen LogP contribution in [0.15, 0.2) is 60.7 Å². The number of nitro groups is 1. The zero-order valence-electron chi connectivity index (χ0n) is 21.0. The molecule has 0 aliphatic rings. The molecule has 0 saturated heterocycles. The van der Waals surface area contributed by atoms with Gasteiger partial charge in [0.25, 0.3) is 11.6 Å². The van der Waals surface area contributed by atoms with Crippen LogP contribution in [0.5, 0.6) is 11.5 Å². The second-order valence-electron chi connectivity index (χ2n) is 7.68. The number of rotatable bonds is 11. The number of hydrogen-bond donors (Lipinski definition) is 1. The molecule has 0 aliphatic carbocycles. The van der Waals surface area contributed by atoms with E-state index in [0.717, 1.165) is 0 Å². The quantitative estimate of drug-likeness (QED) is 0.123. The fourth-order valence-corrected chi connectivity index (χ4v) is 4.25. The van der Waals surface area contributed by atoms with Crippen molar-refractivity contribution in [1.82, 2.24) is 0 Å². The molecular weight excluding hydrogens is 516 g/mol. The predicted molar refractivity (Wildman–Crippen MR) is 140 cm³/mol.